The molecule has 0 aromatic heterocycles. The van der Waals surface area contributed by atoms with Crippen molar-refractivity contribution < 1.29 is 9.53 Å². The van der Waals surface area contributed by atoms with Crippen LogP contribution in [0.2, 0.25) is 0 Å². The number of hydrogen-bond donors (Lipinski definition) is 2. The standard InChI is InChI=1S/C12H18N2O2/c1-3-7-16-11-6-5-9(8-10(11)13)12(15)14-4-2/h5-6,8H,3-4,7,13H2,1-2H3,(H,14,15). The van der Waals surface area contributed by atoms with Gasteiger partial charge in [0.25, 0.3) is 5.91 Å². The Morgan fingerprint density at radius 1 is 1.44 bits per heavy atom. The van der Waals surface area contributed by atoms with Crippen LogP contribution in [-0.4, -0.2) is 19.1 Å². The topological polar surface area (TPSA) is 64.3 Å². The molecular weight excluding hydrogens is 204 g/mol. The van der Waals surface area contributed by atoms with E-state index in [4.69, 9.17) is 10.5 Å². The fourth-order valence-corrected chi connectivity index (χ4v) is 1.30. The molecule has 88 valence electrons. The average Bonchev–Trinajstić information content (AvgIpc) is 2.27. The van der Waals surface area contributed by atoms with E-state index in [0.717, 1.165) is 6.42 Å². The molecule has 1 aromatic rings. The van der Waals surface area contributed by atoms with Crippen LogP contribution in [0.3, 0.4) is 0 Å². The molecule has 0 fully saturated rings. The lowest BCUT2D eigenvalue weighted by Gasteiger charge is -2.09. The largest absolute Gasteiger partial charge is 0.491 e. The molecule has 3 N–H and O–H groups in total. The summed E-state index contributed by atoms with van der Waals surface area (Å²) < 4.78 is 5.42. The number of amides is 1. The predicted octanol–water partition coefficient (Wildman–Crippen LogP) is 1.81. The van der Waals surface area contributed by atoms with Gasteiger partial charge in [-0.05, 0) is 31.5 Å². The van der Waals surface area contributed by atoms with Gasteiger partial charge in [0.2, 0.25) is 0 Å². The number of nitrogens with one attached hydrogen (secondary N) is 1. The van der Waals surface area contributed by atoms with E-state index in [1.54, 1.807) is 18.2 Å². The molecule has 0 spiro atoms. The summed E-state index contributed by atoms with van der Waals surface area (Å²) in [5, 5.41) is 2.72. The van der Waals surface area contributed by atoms with Crippen molar-refractivity contribution in [2.24, 2.45) is 0 Å². The van der Waals surface area contributed by atoms with Gasteiger partial charge in [0.05, 0.1) is 12.3 Å². The van der Waals surface area contributed by atoms with Crippen LogP contribution in [0.5, 0.6) is 5.75 Å². The van der Waals surface area contributed by atoms with Crippen LogP contribution in [0.1, 0.15) is 30.6 Å². The van der Waals surface area contributed by atoms with Crippen LogP contribution in [0.4, 0.5) is 5.69 Å². The normalized spacial score (nSPS) is 9.88. The van der Waals surface area contributed by atoms with Gasteiger partial charge < -0.3 is 15.8 Å². The zero-order valence-corrected chi connectivity index (χ0v) is 9.75. The molecule has 1 aromatic carbocycles. The summed E-state index contributed by atoms with van der Waals surface area (Å²) in [5.41, 5.74) is 6.85. The summed E-state index contributed by atoms with van der Waals surface area (Å²) in [7, 11) is 0. The fraction of sp³-hybridized carbons (Fsp3) is 0.417. The van der Waals surface area contributed by atoms with Gasteiger partial charge in [-0.3, -0.25) is 4.79 Å². The first kappa shape index (κ1) is 12.4. The van der Waals surface area contributed by atoms with Crippen LogP contribution in [0, 0.1) is 0 Å². The Bertz CT molecular complexity index is 364. The third-order valence-corrected chi connectivity index (χ3v) is 2.07. The number of nitrogen functional groups attached to an aromatic ring is 1. The quantitative estimate of drug-likeness (QED) is 0.747. The van der Waals surface area contributed by atoms with E-state index in [-0.39, 0.29) is 5.91 Å². The Morgan fingerprint density at radius 2 is 2.19 bits per heavy atom. The predicted molar refractivity (Wildman–Crippen MR) is 64.6 cm³/mol. The Morgan fingerprint density at radius 3 is 2.75 bits per heavy atom. The molecular formula is C12H18N2O2. The maximum atomic E-state index is 11.5. The molecule has 1 rings (SSSR count). The lowest BCUT2D eigenvalue weighted by atomic mass is 10.2. The van der Waals surface area contributed by atoms with Crippen LogP contribution in [0.25, 0.3) is 0 Å². The molecule has 4 heteroatoms. The first-order chi connectivity index (χ1) is 7.69. The monoisotopic (exact) mass is 222 g/mol. The molecule has 0 heterocycles. The molecule has 0 unspecified atom stereocenters. The summed E-state index contributed by atoms with van der Waals surface area (Å²) >= 11 is 0. The molecule has 0 saturated carbocycles. The minimum Gasteiger partial charge on any atom is -0.491 e. The first-order valence-corrected chi connectivity index (χ1v) is 5.49. The average molecular weight is 222 g/mol. The van der Waals surface area contributed by atoms with E-state index in [1.165, 1.54) is 0 Å². The molecule has 4 nitrogen and oxygen atoms in total. The van der Waals surface area contributed by atoms with Crippen LogP contribution in [0.15, 0.2) is 18.2 Å². The molecule has 0 radical (unpaired) electrons. The van der Waals surface area contributed by atoms with Crippen LogP contribution >= 0.6 is 0 Å². The van der Waals surface area contributed by atoms with Gasteiger partial charge in [0.1, 0.15) is 5.75 Å². The molecule has 0 aliphatic rings. The van der Waals surface area contributed by atoms with Crippen molar-refractivity contribution in [3.63, 3.8) is 0 Å². The van der Waals surface area contributed by atoms with Gasteiger partial charge in [0.15, 0.2) is 0 Å². The number of rotatable bonds is 5. The van der Waals surface area contributed by atoms with Crippen molar-refractivity contribution in [1.29, 1.82) is 0 Å². The minimum absolute atomic E-state index is 0.115. The Balaban J connectivity index is 2.78. The van der Waals surface area contributed by atoms with Gasteiger partial charge >= 0.3 is 0 Å². The zero-order chi connectivity index (χ0) is 12.0. The minimum atomic E-state index is -0.115. The molecule has 1 amide bonds. The number of benzene rings is 1. The van der Waals surface area contributed by atoms with Gasteiger partial charge in [-0.1, -0.05) is 6.92 Å². The smallest absolute Gasteiger partial charge is 0.251 e. The lowest BCUT2D eigenvalue weighted by Crippen LogP contribution is -2.22. The zero-order valence-electron chi connectivity index (χ0n) is 9.75. The maximum absolute atomic E-state index is 11.5. The number of carbonyl (C=O) groups is 1. The number of anilines is 1. The van der Waals surface area contributed by atoms with E-state index in [2.05, 4.69) is 5.32 Å². The summed E-state index contributed by atoms with van der Waals surface area (Å²) in [6.45, 7) is 5.14. The van der Waals surface area contributed by atoms with E-state index >= 15 is 0 Å². The lowest BCUT2D eigenvalue weighted by molar-refractivity contribution is 0.0956. The Hall–Kier alpha value is -1.71. The van der Waals surface area contributed by atoms with Crippen LogP contribution in [-0.2, 0) is 0 Å². The summed E-state index contributed by atoms with van der Waals surface area (Å²) in [4.78, 5) is 11.5. The number of carbonyl (C=O) groups excluding carboxylic acids is 1. The van der Waals surface area contributed by atoms with Crippen molar-refractivity contribution in [2.45, 2.75) is 20.3 Å². The second-order valence-corrected chi connectivity index (χ2v) is 3.46. The highest BCUT2D eigenvalue weighted by molar-refractivity contribution is 5.95. The maximum Gasteiger partial charge on any atom is 0.251 e. The van der Waals surface area contributed by atoms with Crippen molar-refractivity contribution in [2.75, 3.05) is 18.9 Å². The van der Waals surface area contributed by atoms with E-state index in [1.807, 2.05) is 13.8 Å². The summed E-state index contributed by atoms with van der Waals surface area (Å²) in [5.74, 6) is 0.520. The highest BCUT2D eigenvalue weighted by Crippen LogP contribution is 2.22. The van der Waals surface area contributed by atoms with Crippen LogP contribution < -0.4 is 15.8 Å². The number of hydrogen-bond acceptors (Lipinski definition) is 3. The number of nitrogens with two attached hydrogens (primary N) is 1. The van der Waals surface area contributed by atoms with Crippen molar-refractivity contribution in [1.82, 2.24) is 5.32 Å². The van der Waals surface area contributed by atoms with Crippen molar-refractivity contribution in [3.05, 3.63) is 23.8 Å². The van der Waals surface area contributed by atoms with Gasteiger partial charge in [-0.2, -0.15) is 0 Å². The third-order valence-electron chi connectivity index (χ3n) is 2.07. The third kappa shape index (κ3) is 3.15. The van der Waals surface area contributed by atoms with Gasteiger partial charge in [0, 0.05) is 12.1 Å². The number of ether oxygens (including phenoxy) is 1. The first-order valence-electron chi connectivity index (χ1n) is 5.49. The van der Waals surface area contributed by atoms with Crippen molar-refractivity contribution in [3.8, 4) is 5.75 Å². The second kappa shape index (κ2) is 6.00. The van der Waals surface area contributed by atoms with E-state index < -0.39 is 0 Å². The molecule has 0 aliphatic carbocycles. The molecule has 16 heavy (non-hydrogen) atoms. The second-order valence-electron chi connectivity index (χ2n) is 3.46. The molecule has 0 saturated heterocycles. The molecule has 0 atom stereocenters. The Kier molecular flexibility index (Phi) is 4.64. The van der Waals surface area contributed by atoms with E-state index in [9.17, 15) is 4.79 Å². The van der Waals surface area contributed by atoms with Gasteiger partial charge in [-0.25, -0.2) is 0 Å². The SMILES string of the molecule is CCCOc1ccc(C(=O)NCC)cc1N. The molecule has 0 aliphatic heterocycles. The summed E-state index contributed by atoms with van der Waals surface area (Å²) in [6, 6.07) is 5.08. The highest BCUT2D eigenvalue weighted by Gasteiger charge is 2.07. The summed E-state index contributed by atoms with van der Waals surface area (Å²) in [6.07, 6.45) is 0.928. The fourth-order valence-electron chi connectivity index (χ4n) is 1.30. The van der Waals surface area contributed by atoms with Gasteiger partial charge in [-0.15, -0.1) is 0 Å². The highest BCUT2D eigenvalue weighted by atomic mass is 16.5. The Labute approximate surface area is 95.8 Å². The molecule has 0 bridgehead atoms. The van der Waals surface area contributed by atoms with Crippen molar-refractivity contribution >= 4 is 11.6 Å². The van der Waals surface area contributed by atoms with E-state index in [0.29, 0.717) is 30.2 Å².